The first kappa shape index (κ1) is 32.4. The normalized spacial score (nSPS) is 11.7. The SMILES string of the molecule is Bc1c(B)c(B)c2c(c1B)c1c(B)c(B)c(B)c(B)c1n2-c1cccc2oc3cc(-c4nc(-c5ccccc5)nc(-c5ccccc5)n4)ccc3c12. The minimum Gasteiger partial charge on any atom is -0.456 e. The molecule has 9 aromatic rings. The fraction of sp³-hybridized carbons (Fsp3) is 0. The zero-order valence-electron chi connectivity index (χ0n) is 30.9. The maximum Gasteiger partial charge on any atom is 0.164 e. The maximum absolute atomic E-state index is 6.72. The lowest BCUT2D eigenvalue weighted by Gasteiger charge is -2.17. The van der Waals surface area contributed by atoms with Gasteiger partial charge in [-0.15, -0.1) is 10.9 Å². The van der Waals surface area contributed by atoms with Gasteiger partial charge >= 0.3 is 0 Å². The van der Waals surface area contributed by atoms with E-state index < -0.39 is 0 Å². The van der Waals surface area contributed by atoms with Crippen LogP contribution in [0.4, 0.5) is 0 Å². The van der Waals surface area contributed by atoms with Crippen molar-refractivity contribution in [2.75, 3.05) is 0 Å². The summed E-state index contributed by atoms with van der Waals surface area (Å²) in [6, 6.07) is 33.0. The number of furan rings is 1. The summed E-state index contributed by atoms with van der Waals surface area (Å²) in [5, 5.41) is 4.86. The predicted molar refractivity (Wildman–Crippen MR) is 243 cm³/mol. The van der Waals surface area contributed by atoms with Gasteiger partial charge in [0.15, 0.2) is 17.5 Å². The molecule has 0 fully saturated rings. The van der Waals surface area contributed by atoms with Crippen LogP contribution >= 0.6 is 0 Å². The zero-order chi connectivity index (χ0) is 36.0. The third-order valence-corrected chi connectivity index (χ3v) is 11.7. The van der Waals surface area contributed by atoms with E-state index >= 15 is 0 Å². The Morgan fingerprint density at radius 1 is 0.404 bits per heavy atom. The highest BCUT2D eigenvalue weighted by molar-refractivity contribution is 6.71. The van der Waals surface area contributed by atoms with E-state index in [4.69, 9.17) is 19.4 Å². The fourth-order valence-electron chi connectivity index (χ4n) is 8.18. The quantitative estimate of drug-likeness (QED) is 0.181. The van der Waals surface area contributed by atoms with Crippen LogP contribution in [0.25, 0.3) is 83.6 Å². The van der Waals surface area contributed by atoms with Crippen LogP contribution < -0.4 is 43.7 Å². The molecular formula is C39H32B8N4O. The van der Waals surface area contributed by atoms with Crippen LogP contribution in [0, 0.1) is 0 Å². The van der Waals surface area contributed by atoms with E-state index in [1.807, 2.05) is 60.7 Å². The van der Waals surface area contributed by atoms with Crippen LogP contribution in [-0.2, 0) is 0 Å². The highest BCUT2D eigenvalue weighted by Gasteiger charge is 2.25. The van der Waals surface area contributed by atoms with Gasteiger partial charge in [-0.25, -0.2) is 15.0 Å². The summed E-state index contributed by atoms with van der Waals surface area (Å²) in [6.45, 7) is 0. The summed E-state index contributed by atoms with van der Waals surface area (Å²) in [4.78, 5) is 14.9. The van der Waals surface area contributed by atoms with Crippen molar-refractivity contribution in [2.24, 2.45) is 0 Å². The van der Waals surface area contributed by atoms with Crippen LogP contribution in [-0.4, -0.2) is 82.3 Å². The molecule has 9 rings (SSSR count). The summed E-state index contributed by atoms with van der Waals surface area (Å²) in [5.41, 5.74) is 18.8. The molecule has 5 nitrogen and oxygen atoms in total. The van der Waals surface area contributed by atoms with Gasteiger partial charge in [0.2, 0.25) is 0 Å². The largest absolute Gasteiger partial charge is 0.456 e. The van der Waals surface area contributed by atoms with Gasteiger partial charge in [0.25, 0.3) is 0 Å². The molecule has 52 heavy (non-hydrogen) atoms. The van der Waals surface area contributed by atoms with E-state index in [2.05, 4.69) is 104 Å². The molecule has 238 valence electrons. The van der Waals surface area contributed by atoms with E-state index in [-0.39, 0.29) is 0 Å². The third-order valence-electron chi connectivity index (χ3n) is 11.7. The molecular weight excluding hydrogens is 627 g/mol. The van der Waals surface area contributed by atoms with Crippen LogP contribution in [0.5, 0.6) is 0 Å². The molecule has 0 aliphatic heterocycles. The second-order valence-electron chi connectivity index (χ2n) is 14.3. The molecule has 3 heterocycles. The van der Waals surface area contributed by atoms with Crippen molar-refractivity contribution in [3.05, 3.63) is 97.1 Å². The Bertz CT molecular complexity index is 2810. The van der Waals surface area contributed by atoms with Gasteiger partial charge < -0.3 is 8.98 Å². The molecule has 0 bridgehead atoms. The molecule has 0 spiro atoms. The van der Waals surface area contributed by atoms with Gasteiger partial charge in [0, 0.05) is 33.1 Å². The smallest absolute Gasteiger partial charge is 0.164 e. The van der Waals surface area contributed by atoms with E-state index in [0.29, 0.717) is 17.5 Å². The van der Waals surface area contributed by atoms with Gasteiger partial charge in [-0.05, 0) is 35.0 Å². The summed E-state index contributed by atoms with van der Waals surface area (Å²) in [7, 11) is 18.2. The number of benzene rings is 6. The first-order valence-corrected chi connectivity index (χ1v) is 18.0. The van der Waals surface area contributed by atoms with E-state index in [1.54, 1.807) is 0 Å². The van der Waals surface area contributed by atoms with E-state index in [1.165, 1.54) is 65.5 Å². The molecule has 3 aromatic heterocycles. The zero-order valence-corrected chi connectivity index (χ0v) is 30.9. The number of fused-ring (bicyclic) bond motifs is 6. The predicted octanol–water partition coefficient (Wildman–Crippen LogP) is -4.06. The first-order valence-electron chi connectivity index (χ1n) is 18.0. The van der Waals surface area contributed by atoms with Crippen molar-refractivity contribution >= 4 is 150 Å². The second kappa shape index (κ2) is 12.0. The van der Waals surface area contributed by atoms with Gasteiger partial charge in [0.05, 0.1) is 11.1 Å². The van der Waals surface area contributed by atoms with Crippen LogP contribution in [0.3, 0.4) is 0 Å². The van der Waals surface area contributed by atoms with Gasteiger partial charge in [0.1, 0.15) is 73.9 Å². The molecule has 0 aliphatic rings. The minimum absolute atomic E-state index is 0.603. The van der Waals surface area contributed by atoms with E-state index in [0.717, 1.165) is 44.3 Å². The number of nitrogens with zero attached hydrogens (tertiary/aromatic N) is 4. The number of hydrogen-bond donors (Lipinski definition) is 0. The molecule has 0 radical (unpaired) electrons. The van der Waals surface area contributed by atoms with Crippen LogP contribution in [0.1, 0.15) is 0 Å². The van der Waals surface area contributed by atoms with Gasteiger partial charge in [-0.2, -0.15) is 0 Å². The number of hydrogen-bond acceptors (Lipinski definition) is 4. The summed E-state index contributed by atoms with van der Waals surface area (Å²) < 4.78 is 9.25. The monoisotopic (exact) mass is 660 g/mol. The summed E-state index contributed by atoms with van der Waals surface area (Å²) in [6.07, 6.45) is 0. The Hall–Kier alpha value is -5.55. The lowest BCUT2D eigenvalue weighted by atomic mass is 9.63. The second-order valence-corrected chi connectivity index (χ2v) is 14.3. The Morgan fingerprint density at radius 3 is 1.40 bits per heavy atom. The van der Waals surface area contributed by atoms with Crippen molar-refractivity contribution in [2.45, 2.75) is 0 Å². The van der Waals surface area contributed by atoms with Crippen molar-refractivity contribution in [1.29, 1.82) is 0 Å². The average Bonchev–Trinajstić information content (AvgIpc) is 3.75. The average molecular weight is 659 g/mol. The molecule has 0 N–H and O–H groups in total. The lowest BCUT2D eigenvalue weighted by molar-refractivity contribution is 0.669. The molecule has 6 aromatic carbocycles. The third kappa shape index (κ3) is 4.71. The van der Waals surface area contributed by atoms with Crippen LogP contribution in [0.2, 0.25) is 0 Å². The van der Waals surface area contributed by atoms with Crippen molar-refractivity contribution in [3.63, 3.8) is 0 Å². The Kier molecular flexibility index (Phi) is 7.48. The standard InChI is InChI=1S/C39H32B8N4O/c40-27-25-26-28(41)30(43)32(45)34(47)36(26)51(35(25)33(46)31(44)29(27)42)21-12-7-13-22-24(21)20-15-14-19(16-23(20)52-22)39-49-37(17-8-3-1-4-9-17)48-38(50-39)18-10-5-2-6-11-18/h1-16H,40-47H2. The first-order chi connectivity index (χ1) is 25.1. The highest BCUT2D eigenvalue weighted by atomic mass is 16.3. The number of rotatable bonds is 4. The summed E-state index contributed by atoms with van der Waals surface area (Å²) in [5.74, 6) is 1.87. The highest BCUT2D eigenvalue weighted by Crippen LogP contribution is 2.38. The van der Waals surface area contributed by atoms with E-state index in [9.17, 15) is 0 Å². The lowest BCUT2D eigenvalue weighted by Crippen LogP contribution is -2.49. The summed E-state index contributed by atoms with van der Waals surface area (Å²) >= 11 is 0. The Labute approximate surface area is 309 Å². The Morgan fingerprint density at radius 2 is 0.885 bits per heavy atom. The number of aromatic nitrogens is 4. The minimum atomic E-state index is 0.603. The fourth-order valence-corrected chi connectivity index (χ4v) is 8.18. The molecule has 0 atom stereocenters. The molecule has 0 amide bonds. The van der Waals surface area contributed by atoms with Crippen molar-refractivity contribution in [1.82, 2.24) is 19.5 Å². The van der Waals surface area contributed by atoms with Crippen molar-refractivity contribution < 1.29 is 4.42 Å². The molecule has 0 saturated heterocycles. The van der Waals surface area contributed by atoms with Crippen LogP contribution in [0.15, 0.2) is 101 Å². The Balaban J connectivity index is 1.32. The van der Waals surface area contributed by atoms with Gasteiger partial charge in [-0.1, -0.05) is 106 Å². The van der Waals surface area contributed by atoms with Crippen molar-refractivity contribution in [3.8, 4) is 39.9 Å². The molecule has 0 saturated carbocycles. The molecule has 13 heteroatoms. The molecule has 0 aliphatic carbocycles. The van der Waals surface area contributed by atoms with Gasteiger partial charge in [-0.3, -0.25) is 0 Å². The molecule has 0 unspecified atom stereocenters. The maximum atomic E-state index is 6.72. The topological polar surface area (TPSA) is 56.7 Å².